The number of carbonyl (C=O) groups excluding carboxylic acids is 1. The lowest BCUT2D eigenvalue weighted by molar-refractivity contribution is 0.0946. The van der Waals surface area contributed by atoms with Gasteiger partial charge in [0.05, 0.1) is 12.1 Å². The molecule has 2 aromatic rings. The van der Waals surface area contributed by atoms with Gasteiger partial charge in [-0.15, -0.1) is 11.3 Å². The fourth-order valence-corrected chi connectivity index (χ4v) is 2.80. The molecule has 0 radical (unpaired) electrons. The molecule has 0 unspecified atom stereocenters. The average Bonchev–Trinajstić information content (AvgIpc) is 2.79. The van der Waals surface area contributed by atoms with E-state index in [1.165, 1.54) is 11.3 Å². The van der Waals surface area contributed by atoms with Gasteiger partial charge in [0.1, 0.15) is 0 Å². The molecule has 1 aromatic heterocycles. The summed E-state index contributed by atoms with van der Waals surface area (Å²) in [5.74, 6) is -5.24. The largest absolute Gasteiger partial charge is 0.347 e. The summed E-state index contributed by atoms with van der Waals surface area (Å²) < 4.78 is 39.9. The van der Waals surface area contributed by atoms with Crippen molar-refractivity contribution in [3.05, 3.63) is 55.9 Å². The molecule has 0 bridgehead atoms. The maximum absolute atomic E-state index is 13.4. The number of nitrogens with one attached hydrogen (secondary N) is 1. The number of hydrogen-bond acceptors (Lipinski definition) is 2. The van der Waals surface area contributed by atoms with Crippen molar-refractivity contribution in [3.63, 3.8) is 0 Å². The Morgan fingerprint density at radius 3 is 2.63 bits per heavy atom. The van der Waals surface area contributed by atoms with E-state index in [-0.39, 0.29) is 6.54 Å². The van der Waals surface area contributed by atoms with Gasteiger partial charge in [-0.25, -0.2) is 13.2 Å². The molecule has 0 fully saturated rings. The van der Waals surface area contributed by atoms with Crippen LogP contribution in [0.2, 0.25) is 0 Å². The maximum atomic E-state index is 13.4. The summed E-state index contributed by atoms with van der Waals surface area (Å²) in [5.41, 5.74) is -0.519. The van der Waals surface area contributed by atoms with Crippen molar-refractivity contribution >= 4 is 33.2 Å². The topological polar surface area (TPSA) is 29.1 Å². The number of benzene rings is 1. The van der Waals surface area contributed by atoms with Crippen LogP contribution in [-0.2, 0) is 6.54 Å². The molecule has 1 N–H and O–H groups in total. The molecule has 0 atom stereocenters. The third-order valence-corrected chi connectivity index (χ3v) is 4.02. The molecule has 2 rings (SSSR count). The number of rotatable bonds is 3. The average molecular weight is 350 g/mol. The van der Waals surface area contributed by atoms with E-state index in [1.807, 2.05) is 5.38 Å². The van der Waals surface area contributed by atoms with Crippen molar-refractivity contribution in [2.75, 3.05) is 0 Å². The van der Waals surface area contributed by atoms with Crippen LogP contribution in [0.3, 0.4) is 0 Å². The Bertz CT molecular complexity index is 629. The van der Waals surface area contributed by atoms with Crippen LogP contribution >= 0.6 is 27.3 Å². The normalized spacial score (nSPS) is 10.5. The molecule has 2 nitrogen and oxygen atoms in total. The van der Waals surface area contributed by atoms with E-state index in [1.54, 1.807) is 6.07 Å². The van der Waals surface area contributed by atoms with E-state index in [4.69, 9.17) is 0 Å². The van der Waals surface area contributed by atoms with Crippen LogP contribution < -0.4 is 5.32 Å². The van der Waals surface area contributed by atoms with Gasteiger partial charge in [0, 0.05) is 14.7 Å². The summed E-state index contributed by atoms with van der Waals surface area (Å²) in [6, 6.07) is 3.43. The summed E-state index contributed by atoms with van der Waals surface area (Å²) in [6.07, 6.45) is 0. The zero-order valence-electron chi connectivity index (χ0n) is 9.34. The Balaban J connectivity index is 2.10. The first-order valence-electron chi connectivity index (χ1n) is 5.13. The highest BCUT2D eigenvalue weighted by Gasteiger charge is 2.18. The molecule has 0 aliphatic heterocycles. The number of hydrogen-bond donors (Lipinski definition) is 1. The molecule has 7 heteroatoms. The van der Waals surface area contributed by atoms with Crippen LogP contribution in [0.5, 0.6) is 0 Å². The predicted molar refractivity (Wildman–Crippen MR) is 69.5 cm³/mol. The van der Waals surface area contributed by atoms with Gasteiger partial charge in [-0.05, 0) is 34.1 Å². The molecule has 0 aliphatic carbocycles. The summed E-state index contributed by atoms with van der Waals surface area (Å²) in [6.45, 7) is 0.188. The fraction of sp³-hybridized carbons (Fsp3) is 0.0833. The molecular weight excluding hydrogens is 343 g/mol. The Hall–Kier alpha value is -1.34. The monoisotopic (exact) mass is 349 g/mol. The second-order valence-corrected chi connectivity index (χ2v) is 5.55. The third kappa shape index (κ3) is 3.16. The minimum Gasteiger partial charge on any atom is -0.347 e. The van der Waals surface area contributed by atoms with Gasteiger partial charge in [0.2, 0.25) is 0 Å². The highest BCUT2D eigenvalue weighted by molar-refractivity contribution is 9.10. The van der Waals surface area contributed by atoms with Crippen molar-refractivity contribution in [2.45, 2.75) is 6.54 Å². The Labute approximate surface area is 119 Å². The van der Waals surface area contributed by atoms with E-state index in [0.29, 0.717) is 0 Å². The van der Waals surface area contributed by atoms with Gasteiger partial charge in [0.15, 0.2) is 17.5 Å². The number of thiophene rings is 1. The van der Waals surface area contributed by atoms with Crippen LogP contribution in [0, 0.1) is 17.5 Å². The molecule has 0 saturated heterocycles. The highest BCUT2D eigenvalue weighted by atomic mass is 79.9. The standard InChI is InChI=1S/C12H7BrF3NOS/c13-6-3-7(19-5-6)4-17-12(18)8-1-2-9(14)11(16)10(8)15/h1-3,5H,4H2,(H,17,18). The summed E-state index contributed by atoms with van der Waals surface area (Å²) in [5, 5.41) is 4.27. The van der Waals surface area contributed by atoms with Gasteiger partial charge >= 0.3 is 0 Å². The van der Waals surface area contributed by atoms with E-state index in [2.05, 4.69) is 21.2 Å². The Morgan fingerprint density at radius 2 is 2.00 bits per heavy atom. The van der Waals surface area contributed by atoms with Gasteiger partial charge in [-0.2, -0.15) is 0 Å². The first-order valence-corrected chi connectivity index (χ1v) is 6.81. The van der Waals surface area contributed by atoms with Gasteiger partial charge in [-0.1, -0.05) is 0 Å². The molecule has 1 heterocycles. The first-order chi connectivity index (χ1) is 8.99. The zero-order chi connectivity index (χ0) is 14.0. The van der Waals surface area contributed by atoms with Crippen molar-refractivity contribution in [1.82, 2.24) is 5.32 Å². The van der Waals surface area contributed by atoms with Crippen LogP contribution in [0.4, 0.5) is 13.2 Å². The molecule has 1 aromatic carbocycles. The minimum absolute atomic E-state index is 0.188. The van der Waals surface area contributed by atoms with E-state index in [9.17, 15) is 18.0 Å². The SMILES string of the molecule is O=C(NCc1cc(Br)cs1)c1ccc(F)c(F)c1F. The summed E-state index contributed by atoms with van der Waals surface area (Å²) in [7, 11) is 0. The Kier molecular flexibility index (Phi) is 4.26. The quantitative estimate of drug-likeness (QED) is 0.837. The highest BCUT2D eigenvalue weighted by Crippen LogP contribution is 2.20. The van der Waals surface area contributed by atoms with Crippen LogP contribution in [0.1, 0.15) is 15.2 Å². The molecule has 1 amide bonds. The van der Waals surface area contributed by atoms with Crippen LogP contribution in [0.15, 0.2) is 28.1 Å². The molecule has 0 spiro atoms. The summed E-state index contributed by atoms with van der Waals surface area (Å²) >= 11 is 4.67. The predicted octanol–water partition coefficient (Wildman–Crippen LogP) is 3.86. The molecule has 19 heavy (non-hydrogen) atoms. The summed E-state index contributed by atoms with van der Waals surface area (Å²) in [4.78, 5) is 12.5. The van der Waals surface area contributed by atoms with Crippen molar-refractivity contribution in [1.29, 1.82) is 0 Å². The molecular formula is C12H7BrF3NOS. The molecule has 100 valence electrons. The van der Waals surface area contributed by atoms with Crippen molar-refractivity contribution in [2.24, 2.45) is 0 Å². The second kappa shape index (κ2) is 5.75. The van der Waals surface area contributed by atoms with Crippen molar-refractivity contribution < 1.29 is 18.0 Å². The van der Waals surface area contributed by atoms with E-state index >= 15 is 0 Å². The smallest absolute Gasteiger partial charge is 0.254 e. The Morgan fingerprint density at radius 1 is 1.26 bits per heavy atom. The number of carbonyl (C=O) groups is 1. The van der Waals surface area contributed by atoms with Crippen molar-refractivity contribution in [3.8, 4) is 0 Å². The fourth-order valence-electron chi connectivity index (χ4n) is 1.41. The number of amides is 1. The lowest BCUT2D eigenvalue weighted by Gasteiger charge is -2.05. The lowest BCUT2D eigenvalue weighted by Crippen LogP contribution is -2.24. The van der Waals surface area contributed by atoms with Gasteiger partial charge in [-0.3, -0.25) is 4.79 Å². The van der Waals surface area contributed by atoms with E-state index in [0.717, 1.165) is 21.5 Å². The van der Waals surface area contributed by atoms with Gasteiger partial charge in [0.25, 0.3) is 5.91 Å². The molecule has 0 saturated carbocycles. The maximum Gasteiger partial charge on any atom is 0.254 e. The van der Waals surface area contributed by atoms with Crippen LogP contribution in [-0.4, -0.2) is 5.91 Å². The third-order valence-electron chi connectivity index (χ3n) is 2.32. The zero-order valence-corrected chi connectivity index (χ0v) is 11.7. The van der Waals surface area contributed by atoms with E-state index < -0.39 is 28.9 Å². The minimum atomic E-state index is -1.65. The lowest BCUT2D eigenvalue weighted by atomic mass is 10.2. The molecule has 0 aliphatic rings. The van der Waals surface area contributed by atoms with Gasteiger partial charge < -0.3 is 5.32 Å². The first kappa shape index (κ1) is 14.1. The number of halogens is 4. The second-order valence-electron chi connectivity index (χ2n) is 3.64. The van der Waals surface area contributed by atoms with Crippen LogP contribution in [0.25, 0.3) is 0 Å².